The standard InChI is InChI=1S/C18H18N2O2S/c1-12(21)19-15-5-2-6-16(11-15)20-18(22)14-7-8-17-13(10-14)4-3-9-23-17/h2,5-8,10-11H,3-4,9H2,1H3,(H,19,21)(H,20,22). The predicted molar refractivity (Wildman–Crippen MR) is 94.2 cm³/mol. The van der Waals surface area contributed by atoms with E-state index in [1.54, 1.807) is 24.3 Å². The lowest BCUT2D eigenvalue weighted by molar-refractivity contribution is -0.114. The number of thioether (sulfide) groups is 1. The Morgan fingerprint density at radius 2 is 1.83 bits per heavy atom. The van der Waals surface area contributed by atoms with Crippen LogP contribution in [0.25, 0.3) is 0 Å². The van der Waals surface area contributed by atoms with Gasteiger partial charge >= 0.3 is 0 Å². The lowest BCUT2D eigenvalue weighted by atomic mass is 10.1. The smallest absolute Gasteiger partial charge is 0.255 e. The number of hydrogen-bond acceptors (Lipinski definition) is 3. The van der Waals surface area contributed by atoms with E-state index < -0.39 is 0 Å². The van der Waals surface area contributed by atoms with Crippen molar-refractivity contribution in [2.24, 2.45) is 0 Å². The number of benzene rings is 2. The van der Waals surface area contributed by atoms with Gasteiger partial charge in [0.2, 0.25) is 5.91 Å². The highest BCUT2D eigenvalue weighted by molar-refractivity contribution is 7.99. The van der Waals surface area contributed by atoms with Gasteiger partial charge in [-0.3, -0.25) is 9.59 Å². The van der Waals surface area contributed by atoms with E-state index in [9.17, 15) is 9.59 Å². The summed E-state index contributed by atoms with van der Waals surface area (Å²) in [6.07, 6.45) is 2.18. The summed E-state index contributed by atoms with van der Waals surface area (Å²) in [4.78, 5) is 24.8. The van der Waals surface area contributed by atoms with Crippen LogP contribution in [0.15, 0.2) is 47.4 Å². The highest BCUT2D eigenvalue weighted by Crippen LogP contribution is 2.30. The third kappa shape index (κ3) is 3.93. The number of fused-ring (bicyclic) bond motifs is 1. The van der Waals surface area contributed by atoms with Crippen molar-refractivity contribution in [3.8, 4) is 0 Å². The van der Waals surface area contributed by atoms with Crippen LogP contribution in [0, 0.1) is 0 Å². The summed E-state index contributed by atoms with van der Waals surface area (Å²) in [5, 5.41) is 5.59. The van der Waals surface area contributed by atoms with Gasteiger partial charge in [-0.25, -0.2) is 0 Å². The van der Waals surface area contributed by atoms with Crippen molar-refractivity contribution in [3.05, 3.63) is 53.6 Å². The number of rotatable bonds is 3. The van der Waals surface area contributed by atoms with E-state index in [0.717, 1.165) is 18.6 Å². The molecule has 2 aromatic rings. The quantitative estimate of drug-likeness (QED) is 0.898. The van der Waals surface area contributed by atoms with E-state index >= 15 is 0 Å². The van der Waals surface area contributed by atoms with Crippen LogP contribution in [0.5, 0.6) is 0 Å². The Morgan fingerprint density at radius 3 is 2.61 bits per heavy atom. The van der Waals surface area contributed by atoms with E-state index in [4.69, 9.17) is 0 Å². The van der Waals surface area contributed by atoms with Crippen LogP contribution < -0.4 is 10.6 Å². The zero-order chi connectivity index (χ0) is 16.2. The zero-order valence-electron chi connectivity index (χ0n) is 12.9. The molecule has 23 heavy (non-hydrogen) atoms. The van der Waals surface area contributed by atoms with Crippen molar-refractivity contribution in [1.82, 2.24) is 0 Å². The lowest BCUT2D eigenvalue weighted by Crippen LogP contribution is -2.13. The number of carbonyl (C=O) groups excluding carboxylic acids is 2. The molecule has 0 bridgehead atoms. The number of anilines is 2. The fraction of sp³-hybridized carbons (Fsp3) is 0.222. The van der Waals surface area contributed by atoms with Crippen LogP contribution in [0.2, 0.25) is 0 Å². The molecule has 0 saturated heterocycles. The fourth-order valence-electron chi connectivity index (χ4n) is 2.58. The predicted octanol–water partition coefficient (Wildman–Crippen LogP) is 3.94. The second kappa shape index (κ2) is 6.87. The van der Waals surface area contributed by atoms with Gasteiger partial charge in [0.05, 0.1) is 0 Å². The van der Waals surface area contributed by atoms with E-state index in [-0.39, 0.29) is 11.8 Å². The second-order valence-electron chi connectivity index (χ2n) is 5.49. The first kappa shape index (κ1) is 15.6. The van der Waals surface area contributed by atoms with Crippen molar-refractivity contribution in [2.45, 2.75) is 24.7 Å². The number of hydrogen-bond donors (Lipinski definition) is 2. The summed E-state index contributed by atoms with van der Waals surface area (Å²) in [6, 6.07) is 13.0. The Balaban J connectivity index is 1.75. The minimum Gasteiger partial charge on any atom is -0.326 e. The fourth-order valence-corrected chi connectivity index (χ4v) is 3.60. The molecule has 1 aliphatic heterocycles. The monoisotopic (exact) mass is 326 g/mol. The lowest BCUT2D eigenvalue weighted by Gasteiger charge is -2.16. The molecule has 0 radical (unpaired) electrons. The van der Waals surface area contributed by atoms with Crippen molar-refractivity contribution in [3.63, 3.8) is 0 Å². The third-order valence-corrected chi connectivity index (χ3v) is 4.81. The summed E-state index contributed by atoms with van der Waals surface area (Å²) >= 11 is 1.85. The molecular formula is C18H18N2O2S. The normalized spacial score (nSPS) is 13.1. The first-order chi connectivity index (χ1) is 11.1. The molecule has 2 N–H and O–H groups in total. The van der Waals surface area contributed by atoms with Crippen molar-refractivity contribution in [1.29, 1.82) is 0 Å². The molecule has 2 aromatic carbocycles. The van der Waals surface area contributed by atoms with Crippen LogP contribution in [-0.2, 0) is 11.2 Å². The molecule has 0 unspecified atom stereocenters. The van der Waals surface area contributed by atoms with E-state index in [1.807, 2.05) is 30.0 Å². The van der Waals surface area contributed by atoms with Crippen molar-refractivity contribution < 1.29 is 9.59 Å². The van der Waals surface area contributed by atoms with E-state index in [0.29, 0.717) is 16.9 Å². The number of nitrogens with one attached hydrogen (secondary N) is 2. The van der Waals surface area contributed by atoms with Gasteiger partial charge in [-0.05, 0) is 60.6 Å². The van der Waals surface area contributed by atoms with E-state index in [1.165, 1.54) is 17.4 Å². The Kier molecular flexibility index (Phi) is 4.67. The second-order valence-corrected chi connectivity index (χ2v) is 6.63. The van der Waals surface area contributed by atoms with Gasteiger partial charge in [-0.15, -0.1) is 11.8 Å². The van der Waals surface area contributed by atoms with Gasteiger partial charge in [-0.2, -0.15) is 0 Å². The molecular weight excluding hydrogens is 308 g/mol. The number of amides is 2. The largest absolute Gasteiger partial charge is 0.326 e. The molecule has 1 heterocycles. The molecule has 118 valence electrons. The summed E-state index contributed by atoms with van der Waals surface area (Å²) < 4.78 is 0. The van der Waals surface area contributed by atoms with Crippen molar-refractivity contribution >= 4 is 35.0 Å². The molecule has 4 nitrogen and oxygen atoms in total. The van der Waals surface area contributed by atoms with Gasteiger partial charge in [0.25, 0.3) is 5.91 Å². The summed E-state index contributed by atoms with van der Waals surface area (Å²) in [6.45, 7) is 1.45. The molecule has 0 fully saturated rings. The summed E-state index contributed by atoms with van der Waals surface area (Å²) in [5.41, 5.74) is 3.24. The minimum atomic E-state index is -0.138. The molecule has 2 amide bonds. The maximum absolute atomic E-state index is 12.4. The Morgan fingerprint density at radius 1 is 1.04 bits per heavy atom. The van der Waals surface area contributed by atoms with Gasteiger partial charge in [0, 0.05) is 28.8 Å². The Hall–Kier alpha value is -2.27. The van der Waals surface area contributed by atoms with Crippen LogP contribution in [0.4, 0.5) is 11.4 Å². The van der Waals surface area contributed by atoms with E-state index in [2.05, 4.69) is 10.6 Å². The van der Waals surface area contributed by atoms with Crippen molar-refractivity contribution in [2.75, 3.05) is 16.4 Å². The van der Waals surface area contributed by atoms with Crippen LogP contribution in [0.3, 0.4) is 0 Å². The third-order valence-electron chi connectivity index (χ3n) is 3.61. The van der Waals surface area contributed by atoms with Gasteiger partial charge < -0.3 is 10.6 Å². The van der Waals surface area contributed by atoms with Gasteiger partial charge in [0.1, 0.15) is 0 Å². The molecule has 0 aliphatic carbocycles. The van der Waals surface area contributed by atoms with Crippen LogP contribution >= 0.6 is 11.8 Å². The molecule has 0 atom stereocenters. The maximum atomic E-state index is 12.4. The highest BCUT2D eigenvalue weighted by atomic mass is 32.2. The molecule has 3 rings (SSSR count). The number of carbonyl (C=O) groups is 2. The first-order valence-corrected chi connectivity index (χ1v) is 8.55. The first-order valence-electron chi connectivity index (χ1n) is 7.56. The minimum absolute atomic E-state index is 0.136. The summed E-state index contributed by atoms with van der Waals surface area (Å²) in [5.74, 6) is 0.873. The Bertz CT molecular complexity index is 758. The average Bonchev–Trinajstić information content (AvgIpc) is 2.54. The van der Waals surface area contributed by atoms with Crippen LogP contribution in [-0.4, -0.2) is 17.6 Å². The SMILES string of the molecule is CC(=O)Nc1cccc(NC(=O)c2ccc3c(c2)CCCS3)c1. The topological polar surface area (TPSA) is 58.2 Å². The molecule has 0 saturated carbocycles. The average molecular weight is 326 g/mol. The summed E-state index contributed by atoms with van der Waals surface area (Å²) in [7, 11) is 0. The van der Waals surface area contributed by atoms with Crippen LogP contribution in [0.1, 0.15) is 29.3 Å². The molecule has 5 heteroatoms. The number of aryl methyl sites for hydroxylation is 1. The molecule has 0 spiro atoms. The highest BCUT2D eigenvalue weighted by Gasteiger charge is 2.13. The molecule has 0 aromatic heterocycles. The zero-order valence-corrected chi connectivity index (χ0v) is 13.7. The molecule has 1 aliphatic rings. The maximum Gasteiger partial charge on any atom is 0.255 e. The Labute approximate surface area is 139 Å². The van der Waals surface area contributed by atoms with Gasteiger partial charge in [0.15, 0.2) is 0 Å². The van der Waals surface area contributed by atoms with Gasteiger partial charge in [-0.1, -0.05) is 6.07 Å².